The number of carbonyl (C=O) groups excluding carboxylic acids is 1. The van der Waals surface area contributed by atoms with Gasteiger partial charge in [-0.05, 0) is 66.8 Å². The van der Waals surface area contributed by atoms with Crippen LogP contribution in [0.3, 0.4) is 0 Å². The van der Waals surface area contributed by atoms with E-state index in [-0.39, 0.29) is 5.91 Å². The summed E-state index contributed by atoms with van der Waals surface area (Å²) in [5.41, 5.74) is 8.34. The number of rotatable bonds is 5. The lowest BCUT2D eigenvalue weighted by Crippen LogP contribution is -2.16. The van der Waals surface area contributed by atoms with Gasteiger partial charge in [0.1, 0.15) is 0 Å². The summed E-state index contributed by atoms with van der Waals surface area (Å²) in [5, 5.41) is 6.64. The lowest BCUT2D eigenvalue weighted by atomic mass is 10.0. The van der Waals surface area contributed by atoms with Crippen LogP contribution < -0.4 is 16.4 Å². The van der Waals surface area contributed by atoms with Gasteiger partial charge in [0, 0.05) is 22.8 Å². The van der Waals surface area contributed by atoms with E-state index < -0.39 is 0 Å². The van der Waals surface area contributed by atoms with Gasteiger partial charge in [0.15, 0.2) is 0 Å². The third kappa shape index (κ3) is 4.30. The molecular formula is C19H20ClN3O. The van der Waals surface area contributed by atoms with Crippen molar-refractivity contribution in [3.8, 4) is 0 Å². The molecule has 0 saturated heterocycles. The topological polar surface area (TPSA) is 67.1 Å². The van der Waals surface area contributed by atoms with E-state index >= 15 is 0 Å². The molecule has 1 aliphatic rings. The lowest BCUT2D eigenvalue weighted by Gasteiger charge is -2.09. The molecule has 1 heterocycles. The number of hydrogen-bond acceptors (Lipinski definition) is 3. The zero-order chi connectivity index (χ0) is 16.9. The molecule has 0 spiro atoms. The van der Waals surface area contributed by atoms with Crippen LogP contribution in [-0.2, 0) is 6.42 Å². The highest BCUT2D eigenvalue weighted by Gasteiger charge is 2.12. The molecule has 0 unspecified atom stereocenters. The van der Waals surface area contributed by atoms with Crippen molar-refractivity contribution in [2.45, 2.75) is 12.8 Å². The van der Waals surface area contributed by atoms with Crippen molar-refractivity contribution >= 4 is 23.2 Å². The summed E-state index contributed by atoms with van der Waals surface area (Å²) in [6.45, 7) is 0.918. The second-order valence-electron chi connectivity index (χ2n) is 5.96. The maximum Gasteiger partial charge on any atom is 0.255 e. The van der Waals surface area contributed by atoms with Crippen molar-refractivity contribution < 1.29 is 4.79 Å². The minimum atomic E-state index is -0.142. The van der Waals surface area contributed by atoms with Crippen LogP contribution in [-0.4, -0.2) is 12.5 Å². The summed E-state index contributed by atoms with van der Waals surface area (Å²) in [6.07, 6.45) is 4.13. The molecule has 1 amide bonds. The monoisotopic (exact) mass is 341 g/mol. The number of halogens is 1. The quantitative estimate of drug-likeness (QED) is 0.779. The van der Waals surface area contributed by atoms with Crippen LogP contribution in [0.2, 0.25) is 5.02 Å². The molecule has 1 aliphatic heterocycles. The van der Waals surface area contributed by atoms with Gasteiger partial charge in [-0.3, -0.25) is 4.79 Å². The highest BCUT2D eigenvalue weighted by Crippen LogP contribution is 2.17. The molecule has 2 aromatic rings. The Morgan fingerprint density at radius 2 is 1.88 bits per heavy atom. The summed E-state index contributed by atoms with van der Waals surface area (Å²) in [6, 6.07) is 14.8. The van der Waals surface area contributed by atoms with Gasteiger partial charge in [-0.25, -0.2) is 0 Å². The van der Waals surface area contributed by atoms with E-state index in [2.05, 4.69) is 16.7 Å². The van der Waals surface area contributed by atoms with Crippen molar-refractivity contribution in [3.63, 3.8) is 0 Å². The maximum absolute atomic E-state index is 12.2. The standard InChI is InChI=1S/C19H20ClN3O/c20-16-7-5-15(6-8-16)19(24)23-17-9-3-13(4-10-17)1-2-14-11-18(21)22-12-14/h3-11,14,22H,1-2,12,21H2,(H,23,24)/t14-/m0/s1. The Hall–Kier alpha value is -2.46. The summed E-state index contributed by atoms with van der Waals surface area (Å²) < 4.78 is 0. The van der Waals surface area contributed by atoms with Crippen molar-refractivity contribution in [3.05, 3.63) is 76.6 Å². The molecular weight excluding hydrogens is 322 g/mol. The molecule has 4 nitrogen and oxygen atoms in total. The number of carbonyl (C=O) groups is 1. The molecule has 2 aromatic carbocycles. The highest BCUT2D eigenvalue weighted by molar-refractivity contribution is 6.30. The fourth-order valence-corrected chi connectivity index (χ4v) is 2.84. The van der Waals surface area contributed by atoms with Crippen LogP contribution >= 0.6 is 11.6 Å². The minimum Gasteiger partial charge on any atom is -0.386 e. The first-order valence-corrected chi connectivity index (χ1v) is 8.35. The van der Waals surface area contributed by atoms with E-state index in [9.17, 15) is 4.79 Å². The van der Waals surface area contributed by atoms with Gasteiger partial charge in [0.25, 0.3) is 5.91 Å². The number of nitrogens with one attached hydrogen (secondary N) is 2. The fourth-order valence-electron chi connectivity index (χ4n) is 2.72. The van der Waals surface area contributed by atoms with Gasteiger partial charge in [-0.2, -0.15) is 0 Å². The molecule has 0 aromatic heterocycles. The van der Waals surface area contributed by atoms with Gasteiger partial charge in [0.2, 0.25) is 0 Å². The van der Waals surface area contributed by atoms with E-state index in [1.165, 1.54) is 5.56 Å². The van der Waals surface area contributed by atoms with Crippen LogP contribution in [0.25, 0.3) is 0 Å². The van der Waals surface area contributed by atoms with E-state index in [1.807, 2.05) is 24.3 Å². The Morgan fingerprint density at radius 3 is 2.50 bits per heavy atom. The predicted octanol–water partition coefficient (Wildman–Crippen LogP) is 3.54. The second kappa shape index (κ2) is 7.41. The molecule has 4 N–H and O–H groups in total. The zero-order valence-corrected chi connectivity index (χ0v) is 14.0. The minimum absolute atomic E-state index is 0.142. The second-order valence-corrected chi connectivity index (χ2v) is 6.40. The zero-order valence-electron chi connectivity index (χ0n) is 13.3. The SMILES string of the molecule is NC1=C[C@H](CCc2ccc(NC(=O)c3ccc(Cl)cc3)cc2)CN1. The smallest absolute Gasteiger partial charge is 0.255 e. The van der Waals surface area contributed by atoms with Crippen molar-refractivity contribution in [1.82, 2.24) is 5.32 Å². The first-order valence-electron chi connectivity index (χ1n) is 7.97. The normalized spacial score (nSPS) is 16.4. The Bertz CT molecular complexity index is 738. The highest BCUT2D eigenvalue weighted by atomic mass is 35.5. The number of anilines is 1. The first kappa shape index (κ1) is 16.4. The van der Waals surface area contributed by atoms with Crippen molar-refractivity contribution in [1.29, 1.82) is 0 Å². The number of aryl methyl sites for hydroxylation is 1. The van der Waals surface area contributed by atoms with E-state index in [0.717, 1.165) is 30.9 Å². The summed E-state index contributed by atoms with van der Waals surface area (Å²) in [7, 11) is 0. The molecule has 1 atom stereocenters. The largest absolute Gasteiger partial charge is 0.386 e. The summed E-state index contributed by atoms with van der Waals surface area (Å²) in [4.78, 5) is 12.2. The average Bonchev–Trinajstić information content (AvgIpc) is 3.00. The fraction of sp³-hybridized carbons (Fsp3) is 0.211. The van der Waals surface area contributed by atoms with E-state index in [1.54, 1.807) is 24.3 Å². The van der Waals surface area contributed by atoms with Gasteiger partial charge in [-0.15, -0.1) is 0 Å². The lowest BCUT2D eigenvalue weighted by molar-refractivity contribution is 0.102. The van der Waals surface area contributed by atoms with Gasteiger partial charge in [0.05, 0.1) is 5.82 Å². The van der Waals surface area contributed by atoms with Crippen molar-refractivity contribution in [2.75, 3.05) is 11.9 Å². The summed E-state index contributed by atoms with van der Waals surface area (Å²) >= 11 is 5.83. The maximum atomic E-state index is 12.2. The number of hydrogen-bond donors (Lipinski definition) is 3. The Morgan fingerprint density at radius 1 is 1.17 bits per heavy atom. The third-order valence-corrected chi connectivity index (χ3v) is 4.36. The van der Waals surface area contributed by atoms with Crippen molar-refractivity contribution in [2.24, 2.45) is 11.7 Å². The van der Waals surface area contributed by atoms with Gasteiger partial charge < -0.3 is 16.4 Å². The molecule has 124 valence electrons. The molecule has 0 fully saturated rings. The predicted molar refractivity (Wildman–Crippen MR) is 97.9 cm³/mol. The number of nitrogens with two attached hydrogens (primary N) is 1. The van der Waals surface area contributed by atoms with Crippen LogP contribution in [0.4, 0.5) is 5.69 Å². The van der Waals surface area contributed by atoms with Crippen LogP contribution in [0, 0.1) is 5.92 Å². The Labute approximate surface area is 146 Å². The Kier molecular flexibility index (Phi) is 5.06. The first-order chi connectivity index (χ1) is 11.6. The third-order valence-electron chi connectivity index (χ3n) is 4.11. The number of amides is 1. The van der Waals surface area contributed by atoms with Crippen LogP contribution in [0.15, 0.2) is 60.4 Å². The molecule has 5 heteroatoms. The Balaban J connectivity index is 1.54. The van der Waals surface area contributed by atoms with E-state index in [4.69, 9.17) is 17.3 Å². The van der Waals surface area contributed by atoms with Crippen LogP contribution in [0.1, 0.15) is 22.3 Å². The molecule has 0 bridgehead atoms. The van der Waals surface area contributed by atoms with Crippen LogP contribution in [0.5, 0.6) is 0 Å². The molecule has 0 aliphatic carbocycles. The molecule has 24 heavy (non-hydrogen) atoms. The van der Waals surface area contributed by atoms with E-state index in [0.29, 0.717) is 16.5 Å². The molecule has 3 rings (SSSR count). The summed E-state index contributed by atoms with van der Waals surface area (Å²) in [5.74, 6) is 1.13. The van der Waals surface area contributed by atoms with Gasteiger partial charge >= 0.3 is 0 Å². The average molecular weight is 342 g/mol. The van der Waals surface area contributed by atoms with Gasteiger partial charge in [-0.1, -0.05) is 23.7 Å². The molecule has 0 radical (unpaired) electrons. The molecule has 0 saturated carbocycles. The number of benzene rings is 2.